The fraction of sp³-hybridized carbons (Fsp3) is 0.0455. The minimum Gasteiger partial charge on any atom is -0.344 e. The van der Waals surface area contributed by atoms with Gasteiger partial charge in [0.1, 0.15) is 0 Å². The van der Waals surface area contributed by atoms with E-state index in [0.717, 1.165) is 17.1 Å². The molecule has 1 spiro atoms. The first-order chi connectivity index (χ1) is 22.7. The van der Waals surface area contributed by atoms with E-state index in [1.807, 2.05) is 0 Å². The Kier molecular flexibility index (Phi) is 5.16. The highest BCUT2D eigenvalue weighted by Gasteiger charge is 2.51. The Morgan fingerprint density at radius 1 is 0.391 bits per heavy atom. The molecular formula is C44H30N2. The lowest BCUT2D eigenvalue weighted by molar-refractivity contribution is 0.793. The lowest BCUT2D eigenvalue weighted by Crippen LogP contribution is -2.26. The molecule has 0 amide bonds. The molecule has 7 aromatic carbocycles. The van der Waals surface area contributed by atoms with Crippen LogP contribution in [0.4, 0.5) is 17.1 Å². The zero-order chi connectivity index (χ0) is 30.4. The van der Waals surface area contributed by atoms with E-state index in [1.165, 1.54) is 66.3 Å². The second-order valence-electron chi connectivity index (χ2n) is 12.6. The minimum absolute atomic E-state index is 0.378. The first-order valence-electron chi connectivity index (χ1n) is 16.0. The van der Waals surface area contributed by atoms with Gasteiger partial charge in [0, 0.05) is 45.9 Å². The maximum atomic E-state index is 2.47. The lowest BCUT2D eigenvalue weighted by Gasteiger charge is -2.32. The molecule has 216 valence electrons. The van der Waals surface area contributed by atoms with Crippen molar-refractivity contribution >= 4 is 38.9 Å². The summed E-state index contributed by atoms with van der Waals surface area (Å²) in [7, 11) is 2.16. The molecule has 0 fully saturated rings. The molecule has 0 saturated carbocycles. The normalized spacial score (nSPS) is 13.5. The Bertz CT molecular complexity index is 2440. The van der Waals surface area contributed by atoms with Gasteiger partial charge in [-0.3, -0.25) is 0 Å². The summed E-state index contributed by atoms with van der Waals surface area (Å²) in [5.74, 6) is 0. The largest absolute Gasteiger partial charge is 0.344 e. The molecule has 2 aliphatic carbocycles. The van der Waals surface area contributed by atoms with Gasteiger partial charge in [0.15, 0.2) is 0 Å². The van der Waals surface area contributed by atoms with Crippen molar-refractivity contribution in [1.82, 2.24) is 4.57 Å². The van der Waals surface area contributed by atoms with Gasteiger partial charge in [0.2, 0.25) is 0 Å². The predicted molar refractivity (Wildman–Crippen MR) is 191 cm³/mol. The van der Waals surface area contributed by atoms with E-state index in [1.54, 1.807) is 0 Å². The summed E-state index contributed by atoms with van der Waals surface area (Å²) in [6, 6.07) is 60.6. The zero-order valence-corrected chi connectivity index (χ0v) is 25.5. The maximum Gasteiger partial charge on any atom is 0.0726 e. The Morgan fingerprint density at radius 3 is 1.57 bits per heavy atom. The minimum atomic E-state index is -0.378. The fourth-order valence-electron chi connectivity index (χ4n) is 8.54. The van der Waals surface area contributed by atoms with Crippen molar-refractivity contribution in [2.24, 2.45) is 7.05 Å². The standard InChI is InChI=1S/C44H30N2/c1-45-42-22-12-8-18-36(42)37-27-30(24-26-43(37)45)46(29-13-3-2-4-14-29)31-23-25-35-34-17-7-11-21-40(34)44(41(35)28-31)38-19-9-5-15-32(38)33-16-6-10-20-39(33)44/h2-28H,1H3. The van der Waals surface area contributed by atoms with Crippen molar-refractivity contribution in [3.63, 3.8) is 0 Å². The Morgan fingerprint density at radius 2 is 0.891 bits per heavy atom. The van der Waals surface area contributed by atoms with E-state index >= 15 is 0 Å². The smallest absolute Gasteiger partial charge is 0.0726 e. The Labute approximate surface area is 268 Å². The summed E-state index contributed by atoms with van der Waals surface area (Å²) in [6.07, 6.45) is 0. The Balaban J connectivity index is 1.26. The third-order valence-electron chi connectivity index (χ3n) is 10.4. The van der Waals surface area contributed by atoms with Crippen LogP contribution in [0.5, 0.6) is 0 Å². The summed E-state index contributed by atoms with van der Waals surface area (Å²) in [6.45, 7) is 0. The molecule has 0 N–H and O–H groups in total. The maximum absolute atomic E-state index is 2.47. The summed E-state index contributed by atoms with van der Waals surface area (Å²) in [5, 5.41) is 2.54. The number of anilines is 3. The summed E-state index contributed by atoms with van der Waals surface area (Å²) in [5.41, 5.74) is 16.3. The number of aromatic nitrogens is 1. The van der Waals surface area contributed by atoms with Crippen LogP contribution in [-0.4, -0.2) is 4.57 Å². The average Bonchev–Trinajstić information content (AvgIpc) is 3.70. The summed E-state index contributed by atoms with van der Waals surface area (Å²) < 4.78 is 2.30. The van der Waals surface area contributed by atoms with E-state index < -0.39 is 0 Å². The van der Waals surface area contributed by atoms with E-state index in [2.05, 4.69) is 180 Å². The first-order valence-corrected chi connectivity index (χ1v) is 16.0. The molecule has 0 bridgehead atoms. The van der Waals surface area contributed by atoms with Gasteiger partial charge < -0.3 is 9.47 Å². The number of benzene rings is 7. The molecule has 0 aliphatic heterocycles. The van der Waals surface area contributed by atoms with E-state index in [-0.39, 0.29) is 5.41 Å². The van der Waals surface area contributed by atoms with Gasteiger partial charge in [-0.05, 0) is 93.0 Å². The van der Waals surface area contributed by atoms with Crippen LogP contribution in [0.15, 0.2) is 164 Å². The number of hydrogen-bond donors (Lipinski definition) is 0. The van der Waals surface area contributed by atoms with Gasteiger partial charge in [0.05, 0.1) is 5.41 Å². The van der Waals surface area contributed by atoms with Gasteiger partial charge in [-0.1, -0.05) is 115 Å². The monoisotopic (exact) mass is 586 g/mol. The molecule has 2 heteroatoms. The summed E-state index contributed by atoms with van der Waals surface area (Å²) in [4.78, 5) is 2.42. The highest BCUT2D eigenvalue weighted by atomic mass is 15.1. The topological polar surface area (TPSA) is 8.17 Å². The van der Waals surface area contributed by atoms with Gasteiger partial charge in [-0.15, -0.1) is 0 Å². The van der Waals surface area contributed by atoms with Crippen LogP contribution in [0.2, 0.25) is 0 Å². The number of para-hydroxylation sites is 2. The number of fused-ring (bicyclic) bond motifs is 13. The zero-order valence-electron chi connectivity index (χ0n) is 25.5. The first kappa shape index (κ1) is 25.5. The van der Waals surface area contributed by atoms with Gasteiger partial charge in [-0.25, -0.2) is 0 Å². The number of aryl methyl sites for hydroxylation is 1. The van der Waals surface area contributed by atoms with Crippen molar-refractivity contribution in [3.8, 4) is 22.3 Å². The van der Waals surface area contributed by atoms with Gasteiger partial charge in [0.25, 0.3) is 0 Å². The second kappa shape index (κ2) is 9.32. The molecule has 1 heterocycles. The molecular weight excluding hydrogens is 556 g/mol. The van der Waals surface area contributed by atoms with Crippen LogP contribution in [0.3, 0.4) is 0 Å². The third-order valence-corrected chi connectivity index (χ3v) is 10.4. The van der Waals surface area contributed by atoms with Crippen LogP contribution < -0.4 is 4.90 Å². The number of rotatable bonds is 3. The summed E-state index contributed by atoms with van der Waals surface area (Å²) >= 11 is 0. The van der Waals surface area contributed by atoms with Crippen molar-refractivity contribution < 1.29 is 0 Å². The van der Waals surface area contributed by atoms with Crippen LogP contribution in [0.1, 0.15) is 22.3 Å². The highest BCUT2D eigenvalue weighted by molar-refractivity contribution is 6.09. The number of nitrogens with zero attached hydrogens (tertiary/aromatic N) is 2. The molecule has 0 radical (unpaired) electrons. The van der Waals surface area contributed by atoms with Crippen LogP contribution in [0, 0.1) is 0 Å². The molecule has 2 aliphatic rings. The van der Waals surface area contributed by atoms with Gasteiger partial charge in [-0.2, -0.15) is 0 Å². The predicted octanol–water partition coefficient (Wildman–Crippen LogP) is 11.1. The van der Waals surface area contributed by atoms with Crippen molar-refractivity contribution in [2.45, 2.75) is 5.41 Å². The SMILES string of the molecule is Cn1c2ccccc2c2cc(N(c3ccccc3)c3ccc4c(c3)C3(c5ccccc5-c5ccccc53)c3ccccc3-4)ccc21. The molecule has 0 unspecified atom stereocenters. The molecule has 8 aromatic rings. The van der Waals surface area contributed by atoms with Crippen LogP contribution in [0.25, 0.3) is 44.1 Å². The van der Waals surface area contributed by atoms with Crippen molar-refractivity contribution in [2.75, 3.05) is 4.90 Å². The van der Waals surface area contributed by atoms with Gasteiger partial charge >= 0.3 is 0 Å². The second-order valence-corrected chi connectivity index (χ2v) is 12.6. The van der Waals surface area contributed by atoms with E-state index in [9.17, 15) is 0 Å². The van der Waals surface area contributed by atoms with E-state index in [0.29, 0.717) is 0 Å². The highest BCUT2D eigenvalue weighted by Crippen LogP contribution is 2.63. The molecule has 10 rings (SSSR count). The molecule has 1 aromatic heterocycles. The van der Waals surface area contributed by atoms with Crippen molar-refractivity contribution in [3.05, 3.63) is 186 Å². The van der Waals surface area contributed by atoms with Crippen LogP contribution in [-0.2, 0) is 12.5 Å². The quantitative estimate of drug-likeness (QED) is 0.200. The average molecular weight is 587 g/mol. The Hall–Kier alpha value is -5.86. The van der Waals surface area contributed by atoms with Crippen molar-refractivity contribution in [1.29, 1.82) is 0 Å². The third kappa shape index (κ3) is 3.20. The van der Waals surface area contributed by atoms with Crippen LogP contribution >= 0.6 is 0 Å². The number of hydrogen-bond acceptors (Lipinski definition) is 1. The molecule has 0 saturated heterocycles. The molecule has 46 heavy (non-hydrogen) atoms. The molecule has 0 atom stereocenters. The lowest BCUT2D eigenvalue weighted by atomic mass is 9.70. The molecule has 2 nitrogen and oxygen atoms in total. The van der Waals surface area contributed by atoms with E-state index in [4.69, 9.17) is 0 Å². The fourth-order valence-corrected chi connectivity index (χ4v) is 8.54.